The van der Waals surface area contributed by atoms with Crippen molar-refractivity contribution in [2.45, 2.75) is 47.4 Å². The molecule has 0 aliphatic heterocycles. The highest BCUT2D eigenvalue weighted by atomic mass is 35.5. The number of rotatable bonds is 6. The van der Waals surface area contributed by atoms with E-state index in [9.17, 15) is 5.26 Å². The zero-order valence-electron chi connectivity index (χ0n) is 15.9. The molecule has 148 valence electrons. The predicted octanol–water partition coefficient (Wildman–Crippen LogP) is 6.99. The molecule has 0 N–H and O–H groups in total. The minimum absolute atomic E-state index is 0.343. The van der Waals surface area contributed by atoms with Gasteiger partial charge in [0.1, 0.15) is 5.41 Å². The molecule has 0 radical (unpaired) electrons. The molecule has 29 heavy (non-hydrogen) atoms. The highest BCUT2D eigenvalue weighted by molar-refractivity contribution is 7.99. The summed E-state index contributed by atoms with van der Waals surface area (Å²) in [6.45, 7) is 0.616. The molecular weight excluding hydrogens is 421 g/mol. The van der Waals surface area contributed by atoms with Gasteiger partial charge in [-0.2, -0.15) is 5.26 Å². The summed E-state index contributed by atoms with van der Waals surface area (Å²) in [6.07, 6.45) is 10.1. The molecule has 3 aromatic rings. The summed E-state index contributed by atoms with van der Waals surface area (Å²) in [5, 5.41) is 11.7. The fourth-order valence-electron chi connectivity index (χ4n) is 4.29. The van der Waals surface area contributed by atoms with Gasteiger partial charge in [-0.15, -0.1) is 0 Å². The van der Waals surface area contributed by atoms with Crippen molar-refractivity contribution in [3.63, 3.8) is 0 Å². The van der Waals surface area contributed by atoms with Crippen molar-refractivity contribution in [3.8, 4) is 6.07 Å². The van der Waals surface area contributed by atoms with Crippen molar-refractivity contribution in [3.05, 3.63) is 76.8 Å². The first-order valence-corrected chi connectivity index (χ1v) is 11.3. The van der Waals surface area contributed by atoms with Crippen molar-refractivity contribution in [1.82, 2.24) is 9.55 Å². The molecule has 1 aliphatic carbocycles. The second-order valence-corrected chi connectivity index (χ2v) is 9.55. The Kier molecular flexibility index (Phi) is 6.20. The quantitative estimate of drug-likeness (QED) is 0.413. The average Bonchev–Trinajstić information content (AvgIpc) is 3.40. The molecule has 6 heteroatoms. The van der Waals surface area contributed by atoms with E-state index in [4.69, 9.17) is 23.2 Å². The monoisotopic (exact) mass is 441 g/mol. The highest BCUT2D eigenvalue weighted by Crippen LogP contribution is 2.44. The van der Waals surface area contributed by atoms with Gasteiger partial charge in [-0.05, 0) is 54.7 Å². The molecule has 1 fully saturated rings. The number of imidazole rings is 1. The molecule has 0 spiro atoms. The van der Waals surface area contributed by atoms with Gasteiger partial charge in [0.15, 0.2) is 0 Å². The van der Waals surface area contributed by atoms with Gasteiger partial charge in [0.2, 0.25) is 0 Å². The van der Waals surface area contributed by atoms with Gasteiger partial charge >= 0.3 is 0 Å². The number of halogens is 2. The first-order valence-electron chi connectivity index (χ1n) is 9.70. The Balaban J connectivity index is 1.71. The lowest BCUT2D eigenvalue weighted by Gasteiger charge is -2.34. The van der Waals surface area contributed by atoms with E-state index in [1.165, 1.54) is 12.8 Å². The predicted molar refractivity (Wildman–Crippen MR) is 119 cm³/mol. The lowest BCUT2D eigenvalue weighted by molar-refractivity contribution is 0.304. The van der Waals surface area contributed by atoms with Crippen LogP contribution in [0, 0.1) is 17.2 Å². The van der Waals surface area contributed by atoms with E-state index in [2.05, 4.69) is 29.3 Å². The van der Waals surface area contributed by atoms with Crippen molar-refractivity contribution in [1.29, 1.82) is 5.26 Å². The van der Waals surface area contributed by atoms with Gasteiger partial charge in [0.05, 0.1) is 12.4 Å². The SMILES string of the molecule is N#CC(Cn1ccnc1)(c1cccc(Sc2cc(Cl)cc(Cl)c2)c1)C1CCCC1. The summed E-state index contributed by atoms with van der Waals surface area (Å²) in [7, 11) is 0. The Morgan fingerprint density at radius 2 is 1.86 bits per heavy atom. The Morgan fingerprint density at radius 3 is 2.52 bits per heavy atom. The third-order valence-corrected chi connectivity index (χ3v) is 7.06. The van der Waals surface area contributed by atoms with E-state index in [0.717, 1.165) is 28.2 Å². The Hall–Kier alpha value is -1.93. The summed E-state index contributed by atoms with van der Waals surface area (Å²) >= 11 is 13.9. The molecule has 1 atom stereocenters. The zero-order valence-corrected chi connectivity index (χ0v) is 18.2. The van der Waals surface area contributed by atoms with Crippen LogP contribution in [0.2, 0.25) is 10.0 Å². The molecule has 0 saturated heterocycles. The minimum atomic E-state index is -0.570. The Morgan fingerprint density at radius 1 is 1.10 bits per heavy atom. The fourth-order valence-corrected chi connectivity index (χ4v) is 5.93. The topological polar surface area (TPSA) is 41.6 Å². The third-order valence-electron chi connectivity index (χ3n) is 5.66. The van der Waals surface area contributed by atoms with E-state index < -0.39 is 5.41 Å². The minimum Gasteiger partial charge on any atom is -0.336 e. The molecule has 4 rings (SSSR count). The second kappa shape index (κ2) is 8.83. The van der Waals surface area contributed by atoms with Crippen LogP contribution >= 0.6 is 35.0 Å². The zero-order chi connectivity index (χ0) is 20.3. The van der Waals surface area contributed by atoms with Crippen LogP contribution in [0.3, 0.4) is 0 Å². The molecular formula is C23H21Cl2N3S. The average molecular weight is 442 g/mol. The van der Waals surface area contributed by atoms with Crippen LogP contribution in [0.4, 0.5) is 0 Å². The van der Waals surface area contributed by atoms with E-state index >= 15 is 0 Å². The summed E-state index contributed by atoms with van der Waals surface area (Å²) < 4.78 is 2.03. The normalized spacial score (nSPS) is 16.4. The van der Waals surface area contributed by atoms with Crippen LogP contribution in [0.25, 0.3) is 0 Å². The fraction of sp³-hybridized carbons (Fsp3) is 0.304. The van der Waals surface area contributed by atoms with Crippen molar-refractivity contribution in [2.75, 3.05) is 0 Å². The molecule has 1 saturated carbocycles. The lowest BCUT2D eigenvalue weighted by Crippen LogP contribution is -2.37. The van der Waals surface area contributed by atoms with Crippen molar-refractivity contribution >= 4 is 35.0 Å². The van der Waals surface area contributed by atoms with Crippen molar-refractivity contribution < 1.29 is 0 Å². The van der Waals surface area contributed by atoms with Gasteiger partial charge in [0, 0.05) is 38.8 Å². The summed E-state index contributed by atoms with van der Waals surface area (Å²) in [5.41, 5.74) is 0.499. The first kappa shape index (κ1) is 20.3. The van der Waals surface area contributed by atoms with Crippen LogP contribution in [-0.2, 0) is 12.0 Å². The van der Waals surface area contributed by atoms with Crippen LogP contribution in [0.5, 0.6) is 0 Å². The molecule has 1 aliphatic rings. The maximum atomic E-state index is 10.4. The van der Waals surface area contributed by atoms with Crippen LogP contribution in [-0.4, -0.2) is 9.55 Å². The smallest absolute Gasteiger partial charge is 0.103 e. The largest absolute Gasteiger partial charge is 0.336 e. The highest BCUT2D eigenvalue weighted by Gasteiger charge is 2.42. The number of hydrogen-bond donors (Lipinski definition) is 0. The van der Waals surface area contributed by atoms with Gasteiger partial charge in [-0.25, -0.2) is 4.98 Å². The number of benzene rings is 2. The summed E-state index contributed by atoms with van der Waals surface area (Å²) in [6, 6.07) is 16.6. The molecule has 1 heterocycles. The maximum Gasteiger partial charge on any atom is 0.103 e. The van der Waals surface area contributed by atoms with E-state index in [1.54, 1.807) is 30.4 Å². The summed E-state index contributed by atoms with van der Waals surface area (Å²) in [5.74, 6) is 0.343. The molecule has 1 unspecified atom stereocenters. The van der Waals surface area contributed by atoms with Crippen LogP contribution in [0.1, 0.15) is 31.2 Å². The molecule has 0 amide bonds. The van der Waals surface area contributed by atoms with E-state index in [1.807, 2.05) is 29.0 Å². The lowest BCUT2D eigenvalue weighted by atomic mass is 9.70. The molecule has 3 nitrogen and oxygen atoms in total. The Bertz CT molecular complexity index is 1000. The van der Waals surface area contributed by atoms with Gasteiger partial charge in [-0.3, -0.25) is 0 Å². The van der Waals surface area contributed by atoms with Crippen LogP contribution in [0.15, 0.2) is 71.0 Å². The van der Waals surface area contributed by atoms with Gasteiger partial charge < -0.3 is 4.57 Å². The first-order chi connectivity index (χ1) is 14.1. The van der Waals surface area contributed by atoms with E-state index in [-0.39, 0.29) is 0 Å². The maximum absolute atomic E-state index is 10.4. The molecule has 0 bridgehead atoms. The third kappa shape index (κ3) is 4.48. The van der Waals surface area contributed by atoms with Crippen LogP contribution < -0.4 is 0 Å². The summed E-state index contributed by atoms with van der Waals surface area (Å²) in [4.78, 5) is 6.23. The van der Waals surface area contributed by atoms with Gasteiger partial charge in [-0.1, -0.05) is 59.9 Å². The Labute approximate surface area is 185 Å². The second-order valence-electron chi connectivity index (χ2n) is 7.53. The van der Waals surface area contributed by atoms with E-state index in [0.29, 0.717) is 22.5 Å². The molecule has 1 aromatic heterocycles. The number of hydrogen-bond acceptors (Lipinski definition) is 3. The number of nitrogens with zero attached hydrogens (tertiary/aromatic N) is 3. The standard InChI is InChI=1S/C23H21Cl2N3S/c24-19-11-20(25)13-22(12-19)29-21-7-3-6-18(10-21)23(14-26,17-4-1-2-5-17)15-28-9-8-27-16-28/h3,6-13,16-17H,1-2,4-5,15H2. The van der Waals surface area contributed by atoms with Crippen molar-refractivity contribution in [2.24, 2.45) is 5.92 Å². The number of nitriles is 1. The molecule has 2 aromatic carbocycles. The van der Waals surface area contributed by atoms with Gasteiger partial charge in [0.25, 0.3) is 0 Å². The number of aromatic nitrogens is 2.